The van der Waals surface area contributed by atoms with Crippen molar-refractivity contribution in [3.05, 3.63) is 12.8 Å². The molecule has 0 rings (SSSR count). The van der Waals surface area contributed by atoms with Gasteiger partial charge < -0.3 is 9.80 Å². The minimum atomic E-state index is 0.954. The molecule has 0 saturated heterocycles. The topological polar surface area (TPSA) is 18.8 Å². The Hall–Kier alpha value is -0.830. The first-order valence-corrected chi connectivity index (χ1v) is 4.65. The van der Waals surface area contributed by atoms with Crippen LogP contribution in [0.1, 0.15) is 13.3 Å². The van der Waals surface area contributed by atoms with Gasteiger partial charge in [-0.05, 0) is 14.1 Å². The molecule has 0 unspecified atom stereocenters. The van der Waals surface area contributed by atoms with Gasteiger partial charge >= 0.3 is 0 Å². The Bertz CT molecular complexity index is 173. The van der Waals surface area contributed by atoms with Gasteiger partial charge in [-0.25, -0.2) is 4.99 Å². The van der Waals surface area contributed by atoms with E-state index < -0.39 is 0 Å². The van der Waals surface area contributed by atoms with Crippen LogP contribution >= 0.6 is 0 Å². The maximum Gasteiger partial charge on any atom is 0.104 e. The Morgan fingerprint density at radius 1 is 1.31 bits per heavy atom. The Morgan fingerprint density at radius 2 is 1.92 bits per heavy atom. The van der Waals surface area contributed by atoms with Crippen LogP contribution in [0.5, 0.6) is 0 Å². The fourth-order valence-electron chi connectivity index (χ4n) is 1.04. The summed E-state index contributed by atoms with van der Waals surface area (Å²) >= 11 is 0. The predicted octanol–water partition coefficient (Wildman–Crippen LogP) is 1.43. The third-order valence-corrected chi connectivity index (χ3v) is 1.88. The van der Waals surface area contributed by atoms with E-state index in [1.165, 1.54) is 0 Å². The molecule has 0 aliphatic carbocycles. The summed E-state index contributed by atoms with van der Waals surface area (Å²) in [6.07, 6.45) is 2.56. The molecule has 0 aromatic carbocycles. The molecular formula is C10H21N3. The van der Waals surface area contributed by atoms with Crippen LogP contribution in [0.3, 0.4) is 0 Å². The first kappa shape index (κ1) is 12.2. The van der Waals surface area contributed by atoms with Crippen molar-refractivity contribution in [2.75, 3.05) is 34.2 Å². The van der Waals surface area contributed by atoms with Gasteiger partial charge in [0.2, 0.25) is 0 Å². The molecule has 0 fully saturated rings. The number of amidine groups is 1. The fourth-order valence-corrected chi connectivity index (χ4v) is 1.04. The van der Waals surface area contributed by atoms with Gasteiger partial charge in [-0.1, -0.05) is 13.5 Å². The van der Waals surface area contributed by atoms with Gasteiger partial charge in [0.25, 0.3) is 0 Å². The standard InChI is InChI=1S/C10H21N3/c1-6-10(11-7-2)13(5)9-8-12(3)4/h7H,2,6,8-9H2,1,3-5H3. The van der Waals surface area contributed by atoms with Crippen molar-refractivity contribution in [2.45, 2.75) is 13.3 Å². The molecular weight excluding hydrogens is 162 g/mol. The largest absolute Gasteiger partial charge is 0.362 e. The number of hydrogen-bond donors (Lipinski definition) is 0. The molecule has 0 spiro atoms. The number of hydrogen-bond acceptors (Lipinski definition) is 2. The van der Waals surface area contributed by atoms with E-state index in [1.807, 2.05) is 0 Å². The van der Waals surface area contributed by atoms with E-state index in [0.717, 1.165) is 25.3 Å². The lowest BCUT2D eigenvalue weighted by Crippen LogP contribution is -2.33. The molecule has 0 aliphatic heterocycles. The van der Waals surface area contributed by atoms with E-state index in [-0.39, 0.29) is 0 Å². The maximum atomic E-state index is 4.21. The van der Waals surface area contributed by atoms with Crippen molar-refractivity contribution in [1.82, 2.24) is 9.80 Å². The maximum absolute atomic E-state index is 4.21. The Morgan fingerprint density at radius 3 is 2.31 bits per heavy atom. The van der Waals surface area contributed by atoms with Gasteiger partial charge in [-0.3, -0.25) is 0 Å². The quantitative estimate of drug-likeness (QED) is 0.474. The predicted molar refractivity (Wildman–Crippen MR) is 59.1 cm³/mol. The third kappa shape index (κ3) is 5.42. The molecule has 0 aromatic rings. The highest BCUT2D eigenvalue weighted by atomic mass is 15.2. The molecule has 0 heterocycles. The molecule has 0 aliphatic rings. The minimum Gasteiger partial charge on any atom is -0.362 e. The molecule has 0 atom stereocenters. The zero-order valence-corrected chi connectivity index (χ0v) is 9.25. The van der Waals surface area contributed by atoms with Gasteiger partial charge in [0.05, 0.1) is 0 Å². The molecule has 13 heavy (non-hydrogen) atoms. The number of nitrogens with zero attached hydrogens (tertiary/aromatic N) is 3. The van der Waals surface area contributed by atoms with E-state index >= 15 is 0 Å². The summed E-state index contributed by atoms with van der Waals surface area (Å²) in [6.45, 7) is 7.76. The van der Waals surface area contributed by atoms with Crippen molar-refractivity contribution in [3.63, 3.8) is 0 Å². The van der Waals surface area contributed by atoms with Crippen molar-refractivity contribution in [3.8, 4) is 0 Å². The second kappa shape index (κ2) is 6.66. The minimum absolute atomic E-state index is 0.954. The SMILES string of the molecule is C=CN=C(CC)N(C)CCN(C)C. The van der Waals surface area contributed by atoms with Crippen LogP contribution < -0.4 is 0 Å². The lowest BCUT2D eigenvalue weighted by molar-refractivity contribution is 0.354. The smallest absolute Gasteiger partial charge is 0.104 e. The summed E-state index contributed by atoms with van der Waals surface area (Å²) in [7, 11) is 6.21. The average Bonchev–Trinajstić information content (AvgIpc) is 2.10. The van der Waals surface area contributed by atoms with Crippen molar-refractivity contribution in [2.24, 2.45) is 4.99 Å². The summed E-state index contributed by atoms with van der Waals surface area (Å²) in [5.41, 5.74) is 0. The highest BCUT2D eigenvalue weighted by molar-refractivity contribution is 5.82. The number of aliphatic imine (C=N–C) groups is 1. The van der Waals surface area contributed by atoms with Gasteiger partial charge in [0.1, 0.15) is 5.84 Å². The summed E-state index contributed by atoms with van der Waals surface area (Å²) in [6, 6.07) is 0. The highest BCUT2D eigenvalue weighted by Crippen LogP contribution is 1.94. The molecule has 3 nitrogen and oxygen atoms in total. The first-order valence-electron chi connectivity index (χ1n) is 4.65. The Kier molecular flexibility index (Phi) is 6.24. The van der Waals surface area contributed by atoms with Crippen molar-refractivity contribution in [1.29, 1.82) is 0 Å². The van der Waals surface area contributed by atoms with Crippen LogP contribution in [-0.2, 0) is 0 Å². The second-order valence-electron chi connectivity index (χ2n) is 3.31. The van der Waals surface area contributed by atoms with Crippen molar-refractivity contribution < 1.29 is 0 Å². The molecule has 76 valence electrons. The second-order valence-corrected chi connectivity index (χ2v) is 3.31. The molecule has 0 radical (unpaired) electrons. The van der Waals surface area contributed by atoms with Gasteiger partial charge in [0.15, 0.2) is 0 Å². The summed E-state index contributed by atoms with van der Waals surface area (Å²) in [4.78, 5) is 8.54. The van der Waals surface area contributed by atoms with E-state index in [2.05, 4.69) is 49.4 Å². The summed E-state index contributed by atoms with van der Waals surface area (Å²) < 4.78 is 0. The molecule has 0 N–H and O–H groups in total. The van der Waals surface area contributed by atoms with E-state index in [4.69, 9.17) is 0 Å². The van der Waals surface area contributed by atoms with Crippen LogP contribution in [0.15, 0.2) is 17.8 Å². The zero-order valence-electron chi connectivity index (χ0n) is 9.25. The van der Waals surface area contributed by atoms with Crippen LogP contribution in [0.2, 0.25) is 0 Å². The summed E-state index contributed by atoms with van der Waals surface area (Å²) in [5.74, 6) is 1.09. The lowest BCUT2D eigenvalue weighted by atomic mass is 10.4. The Labute approximate surface area is 81.7 Å². The first-order chi connectivity index (χ1) is 6.11. The number of likely N-dealkylation sites (N-methyl/N-ethyl adjacent to an activating group) is 2. The van der Waals surface area contributed by atoms with Crippen LogP contribution in [-0.4, -0.2) is 49.9 Å². The lowest BCUT2D eigenvalue weighted by Gasteiger charge is -2.22. The monoisotopic (exact) mass is 183 g/mol. The van der Waals surface area contributed by atoms with E-state index in [1.54, 1.807) is 6.20 Å². The van der Waals surface area contributed by atoms with Crippen LogP contribution in [0.25, 0.3) is 0 Å². The third-order valence-electron chi connectivity index (χ3n) is 1.88. The number of rotatable bonds is 5. The molecule has 3 heteroatoms. The average molecular weight is 183 g/mol. The van der Waals surface area contributed by atoms with E-state index in [9.17, 15) is 0 Å². The van der Waals surface area contributed by atoms with Gasteiger partial charge in [-0.15, -0.1) is 0 Å². The van der Waals surface area contributed by atoms with E-state index in [0.29, 0.717) is 0 Å². The van der Waals surface area contributed by atoms with Gasteiger partial charge in [-0.2, -0.15) is 0 Å². The fraction of sp³-hybridized carbons (Fsp3) is 0.700. The van der Waals surface area contributed by atoms with Crippen LogP contribution in [0, 0.1) is 0 Å². The van der Waals surface area contributed by atoms with Gasteiger partial charge in [0, 0.05) is 32.8 Å². The van der Waals surface area contributed by atoms with Crippen LogP contribution in [0.4, 0.5) is 0 Å². The Balaban J connectivity index is 3.98. The summed E-state index contributed by atoms with van der Waals surface area (Å²) in [5, 5.41) is 0. The molecule has 0 aromatic heterocycles. The molecule has 0 saturated carbocycles. The normalized spacial score (nSPS) is 11.9. The molecule has 0 bridgehead atoms. The highest BCUT2D eigenvalue weighted by Gasteiger charge is 2.02. The van der Waals surface area contributed by atoms with Crippen molar-refractivity contribution >= 4 is 5.84 Å². The zero-order chi connectivity index (χ0) is 10.3. The molecule has 0 amide bonds.